The SMILES string of the molecule is CN(C)c1ccc(Cl)cc1NC(=O)CCNC(=O)c1ccc(Cl)cc1. The van der Waals surface area contributed by atoms with Gasteiger partial charge in [-0.05, 0) is 42.5 Å². The van der Waals surface area contributed by atoms with E-state index in [1.165, 1.54) is 0 Å². The number of amides is 2. The average molecular weight is 380 g/mol. The van der Waals surface area contributed by atoms with Crippen LogP contribution < -0.4 is 15.5 Å². The van der Waals surface area contributed by atoms with Gasteiger partial charge in [-0.25, -0.2) is 0 Å². The standard InChI is InChI=1S/C18H19Cl2N3O2/c1-23(2)16-8-7-14(20)11-15(16)22-17(24)9-10-21-18(25)12-3-5-13(19)6-4-12/h3-8,11H,9-10H2,1-2H3,(H,21,25)(H,22,24). The van der Waals surface area contributed by atoms with Crippen LogP contribution in [0.15, 0.2) is 42.5 Å². The lowest BCUT2D eigenvalue weighted by Gasteiger charge is -2.18. The molecule has 0 aromatic heterocycles. The van der Waals surface area contributed by atoms with Crippen molar-refractivity contribution >= 4 is 46.4 Å². The van der Waals surface area contributed by atoms with Crippen LogP contribution in [-0.4, -0.2) is 32.5 Å². The molecule has 0 fully saturated rings. The number of halogens is 2. The molecule has 2 aromatic rings. The Morgan fingerprint density at radius 2 is 1.64 bits per heavy atom. The second kappa shape index (κ2) is 8.74. The first-order valence-electron chi connectivity index (χ1n) is 7.67. The third-order valence-corrected chi connectivity index (χ3v) is 3.95. The summed E-state index contributed by atoms with van der Waals surface area (Å²) in [6.45, 7) is 0.227. The molecule has 0 aliphatic heterocycles. The van der Waals surface area contributed by atoms with E-state index >= 15 is 0 Å². The zero-order valence-corrected chi connectivity index (χ0v) is 15.5. The molecular formula is C18H19Cl2N3O2. The zero-order chi connectivity index (χ0) is 18.4. The summed E-state index contributed by atoms with van der Waals surface area (Å²) in [4.78, 5) is 26.0. The molecule has 2 rings (SSSR count). The largest absolute Gasteiger partial charge is 0.376 e. The maximum Gasteiger partial charge on any atom is 0.251 e. The molecule has 2 N–H and O–H groups in total. The molecule has 0 saturated heterocycles. The van der Waals surface area contributed by atoms with Gasteiger partial charge in [0.05, 0.1) is 11.4 Å². The van der Waals surface area contributed by atoms with Gasteiger partial charge in [0, 0.05) is 42.7 Å². The van der Waals surface area contributed by atoms with Crippen molar-refractivity contribution in [3.63, 3.8) is 0 Å². The molecule has 5 nitrogen and oxygen atoms in total. The quantitative estimate of drug-likeness (QED) is 0.801. The Morgan fingerprint density at radius 3 is 2.28 bits per heavy atom. The Kier molecular flexibility index (Phi) is 6.67. The monoisotopic (exact) mass is 379 g/mol. The number of hydrogen-bond acceptors (Lipinski definition) is 3. The van der Waals surface area contributed by atoms with Crippen LogP contribution >= 0.6 is 23.2 Å². The smallest absolute Gasteiger partial charge is 0.251 e. The molecule has 2 aromatic carbocycles. The minimum Gasteiger partial charge on any atom is -0.376 e. The van der Waals surface area contributed by atoms with Crippen molar-refractivity contribution in [1.82, 2.24) is 5.32 Å². The van der Waals surface area contributed by atoms with E-state index in [4.69, 9.17) is 23.2 Å². The zero-order valence-electron chi connectivity index (χ0n) is 14.0. The number of carbonyl (C=O) groups excluding carboxylic acids is 2. The van der Waals surface area contributed by atoms with E-state index in [1.54, 1.807) is 36.4 Å². The highest BCUT2D eigenvalue weighted by molar-refractivity contribution is 6.31. The van der Waals surface area contributed by atoms with E-state index in [2.05, 4.69) is 10.6 Å². The van der Waals surface area contributed by atoms with Crippen molar-refractivity contribution in [1.29, 1.82) is 0 Å². The van der Waals surface area contributed by atoms with Gasteiger partial charge in [0.1, 0.15) is 0 Å². The fourth-order valence-electron chi connectivity index (χ4n) is 2.20. The van der Waals surface area contributed by atoms with Crippen molar-refractivity contribution in [2.75, 3.05) is 30.9 Å². The lowest BCUT2D eigenvalue weighted by atomic mass is 10.2. The summed E-state index contributed by atoms with van der Waals surface area (Å²) >= 11 is 11.8. The van der Waals surface area contributed by atoms with Crippen LogP contribution in [0.3, 0.4) is 0 Å². The molecule has 0 spiro atoms. The van der Waals surface area contributed by atoms with E-state index in [9.17, 15) is 9.59 Å². The highest BCUT2D eigenvalue weighted by atomic mass is 35.5. The average Bonchev–Trinajstić information content (AvgIpc) is 2.55. The van der Waals surface area contributed by atoms with Crippen LogP contribution in [0.25, 0.3) is 0 Å². The summed E-state index contributed by atoms with van der Waals surface area (Å²) in [6, 6.07) is 11.8. The molecule has 7 heteroatoms. The summed E-state index contributed by atoms with van der Waals surface area (Å²) in [7, 11) is 3.76. The van der Waals surface area contributed by atoms with Crippen LogP contribution in [0.1, 0.15) is 16.8 Å². The molecule has 132 valence electrons. The first-order valence-corrected chi connectivity index (χ1v) is 8.43. The van der Waals surface area contributed by atoms with E-state index in [-0.39, 0.29) is 24.8 Å². The fraction of sp³-hybridized carbons (Fsp3) is 0.222. The molecule has 0 heterocycles. The minimum absolute atomic E-state index is 0.151. The summed E-state index contributed by atoms with van der Waals surface area (Å²) in [6.07, 6.45) is 0.151. The number of benzene rings is 2. The molecule has 2 amide bonds. The molecule has 0 aliphatic carbocycles. The van der Waals surface area contributed by atoms with Gasteiger partial charge in [-0.3, -0.25) is 9.59 Å². The summed E-state index contributed by atoms with van der Waals surface area (Å²) in [5.74, 6) is -0.456. The molecule has 0 aliphatic rings. The lowest BCUT2D eigenvalue weighted by Crippen LogP contribution is -2.27. The Labute approximate surface area is 156 Å². The van der Waals surface area contributed by atoms with Crippen molar-refractivity contribution in [3.05, 3.63) is 58.1 Å². The van der Waals surface area contributed by atoms with Crippen molar-refractivity contribution in [3.8, 4) is 0 Å². The van der Waals surface area contributed by atoms with Crippen LogP contribution in [0.2, 0.25) is 10.0 Å². The maximum atomic E-state index is 12.1. The van der Waals surface area contributed by atoms with Gasteiger partial charge < -0.3 is 15.5 Å². The van der Waals surface area contributed by atoms with Crippen LogP contribution in [-0.2, 0) is 4.79 Å². The van der Waals surface area contributed by atoms with E-state index in [0.717, 1.165) is 5.69 Å². The van der Waals surface area contributed by atoms with Gasteiger partial charge in [0.2, 0.25) is 5.91 Å². The number of anilines is 2. The van der Waals surface area contributed by atoms with Crippen molar-refractivity contribution in [2.45, 2.75) is 6.42 Å². The maximum absolute atomic E-state index is 12.1. The Balaban J connectivity index is 1.88. The van der Waals surface area contributed by atoms with Crippen LogP contribution in [0.4, 0.5) is 11.4 Å². The molecule has 0 bridgehead atoms. The molecule has 0 unspecified atom stereocenters. The highest BCUT2D eigenvalue weighted by Gasteiger charge is 2.10. The molecule has 0 radical (unpaired) electrons. The highest BCUT2D eigenvalue weighted by Crippen LogP contribution is 2.27. The predicted octanol–water partition coefficient (Wildman–Crippen LogP) is 3.82. The Hall–Kier alpha value is -2.24. The van der Waals surface area contributed by atoms with E-state index in [0.29, 0.717) is 21.3 Å². The van der Waals surface area contributed by atoms with Crippen molar-refractivity contribution < 1.29 is 9.59 Å². The molecular weight excluding hydrogens is 361 g/mol. The number of nitrogens with zero attached hydrogens (tertiary/aromatic N) is 1. The van der Waals surface area contributed by atoms with Gasteiger partial charge in [0.25, 0.3) is 5.91 Å². The van der Waals surface area contributed by atoms with E-state index in [1.807, 2.05) is 25.1 Å². The third-order valence-electron chi connectivity index (χ3n) is 3.46. The van der Waals surface area contributed by atoms with Crippen LogP contribution in [0, 0.1) is 0 Å². The van der Waals surface area contributed by atoms with Gasteiger partial charge in [-0.2, -0.15) is 0 Å². The fourth-order valence-corrected chi connectivity index (χ4v) is 2.50. The normalized spacial score (nSPS) is 10.2. The Bertz CT molecular complexity index is 761. The second-order valence-electron chi connectivity index (χ2n) is 5.62. The van der Waals surface area contributed by atoms with Gasteiger partial charge >= 0.3 is 0 Å². The number of nitrogens with one attached hydrogen (secondary N) is 2. The summed E-state index contributed by atoms with van der Waals surface area (Å²) in [5, 5.41) is 6.63. The Morgan fingerprint density at radius 1 is 1.00 bits per heavy atom. The van der Waals surface area contributed by atoms with Gasteiger partial charge in [0.15, 0.2) is 0 Å². The summed E-state index contributed by atoms with van der Waals surface area (Å²) in [5.41, 5.74) is 1.98. The molecule has 0 atom stereocenters. The first-order chi connectivity index (χ1) is 11.9. The number of hydrogen-bond donors (Lipinski definition) is 2. The minimum atomic E-state index is -0.249. The van der Waals surface area contributed by atoms with Gasteiger partial charge in [-0.1, -0.05) is 23.2 Å². The van der Waals surface area contributed by atoms with Gasteiger partial charge in [-0.15, -0.1) is 0 Å². The molecule has 0 saturated carbocycles. The topological polar surface area (TPSA) is 61.4 Å². The van der Waals surface area contributed by atoms with Crippen LogP contribution in [0.5, 0.6) is 0 Å². The van der Waals surface area contributed by atoms with Crippen molar-refractivity contribution in [2.24, 2.45) is 0 Å². The number of carbonyl (C=O) groups is 2. The third kappa shape index (κ3) is 5.66. The predicted molar refractivity (Wildman–Crippen MR) is 103 cm³/mol. The lowest BCUT2D eigenvalue weighted by molar-refractivity contribution is -0.116. The molecule has 25 heavy (non-hydrogen) atoms. The first kappa shape index (κ1) is 19.1. The summed E-state index contributed by atoms with van der Waals surface area (Å²) < 4.78 is 0. The van der Waals surface area contributed by atoms with E-state index < -0.39 is 0 Å². The number of rotatable bonds is 6. The second-order valence-corrected chi connectivity index (χ2v) is 6.49.